The second kappa shape index (κ2) is 9.73. The molecule has 3 atom stereocenters. The molecule has 0 radical (unpaired) electrons. The molecule has 4 rings (SSSR count). The lowest BCUT2D eigenvalue weighted by molar-refractivity contribution is -0.121. The number of methoxy groups -OCH3 is 1. The van der Waals surface area contributed by atoms with Gasteiger partial charge in [0.25, 0.3) is 0 Å². The third kappa shape index (κ3) is 5.04. The van der Waals surface area contributed by atoms with Gasteiger partial charge in [-0.25, -0.2) is 4.98 Å². The van der Waals surface area contributed by atoms with Crippen LogP contribution in [0.15, 0.2) is 59.6 Å². The Balaban J connectivity index is 1.61. The van der Waals surface area contributed by atoms with Crippen molar-refractivity contribution in [2.45, 2.75) is 55.8 Å². The maximum atomic E-state index is 12.9. The van der Waals surface area contributed by atoms with Crippen LogP contribution in [0.5, 0.6) is 5.75 Å². The van der Waals surface area contributed by atoms with Gasteiger partial charge in [0.2, 0.25) is 5.91 Å². The monoisotopic (exact) mass is 434 g/mol. The fourth-order valence-electron chi connectivity index (χ4n) is 4.29. The molecule has 1 fully saturated rings. The van der Waals surface area contributed by atoms with E-state index in [0.29, 0.717) is 5.92 Å². The Morgan fingerprint density at radius 3 is 2.65 bits per heavy atom. The van der Waals surface area contributed by atoms with Crippen molar-refractivity contribution < 1.29 is 9.53 Å². The smallest absolute Gasteiger partial charge is 0.233 e. The van der Waals surface area contributed by atoms with Gasteiger partial charge in [0.15, 0.2) is 0 Å². The van der Waals surface area contributed by atoms with Crippen LogP contribution in [0, 0.1) is 5.92 Å². The summed E-state index contributed by atoms with van der Waals surface area (Å²) < 4.78 is 5.41. The molecule has 0 saturated heterocycles. The molecule has 0 spiro atoms. The SMILES string of the molecule is COc1ccc2c(-c3ccccc3)cc(S[C@H](C)C(=O)N[C@H]3CCCC[C@H]3C)nc2c1. The number of amides is 1. The topological polar surface area (TPSA) is 51.2 Å². The van der Waals surface area contributed by atoms with Gasteiger partial charge in [0.05, 0.1) is 22.9 Å². The third-order valence-corrected chi connectivity index (χ3v) is 7.20. The lowest BCUT2D eigenvalue weighted by Gasteiger charge is -2.30. The molecule has 0 aliphatic heterocycles. The lowest BCUT2D eigenvalue weighted by Crippen LogP contribution is -2.44. The molecule has 5 heteroatoms. The first-order valence-corrected chi connectivity index (χ1v) is 11.9. The highest BCUT2D eigenvalue weighted by atomic mass is 32.2. The zero-order valence-electron chi connectivity index (χ0n) is 18.4. The molecule has 0 bridgehead atoms. The average molecular weight is 435 g/mol. The molecule has 1 saturated carbocycles. The van der Waals surface area contributed by atoms with Crippen molar-refractivity contribution in [3.63, 3.8) is 0 Å². The van der Waals surface area contributed by atoms with Gasteiger partial charge in [0, 0.05) is 17.5 Å². The number of hydrogen-bond acceptors (Lipinski definition) is 4. The molecule has 3 aromatic rings. The molecule has 1 heterocycles. The van der Waals surface area contributed by atoms with E-state index in [9.17, 15) is 4.79 Å². The van der Waals surface area contributed by atoms with Gasteiger partial charge < -0.3 is 10.1 Å². The predicted octanol–water partition coefficient (Wildman–Crippen LogP) is 6.09. The highest BCUT2D eigenvalue weighted by Crippen LogP contribution is 2.34. The molecule has 162 valence electrons. The van der Waals surface area contributed by atoms with E-state index in [1.165, 1.54) is 31.0 Å². The Hall–Kier alpha value is -2.53. The van der Waals surface area contributed by atoms with E-state index in [0.717, 1.165) is 39.2 Å². The third-order valence-electron chi connectivity index (χ3n) is 6.18. The van der Waals surface area contributed by atoms with Crippen molar-refractivity contribution in [1.82, 2.24) is 10.3 Å². The maximum absolute atomic E-state index is 12.9. The van der Waals surface area contributed by atoms with Crippen LogP contribution in [0.25, 0.3) is 22.0 Å². The van der Waals surface area contributed by atoms with Crippen LogP contribution < -0.4 is 10.1 Å². The summed E-state index contributed by atoms with van der Waals surface area (Å²) >= 11 is 1.51. The van der Waals surface area contributed by atoms with Crippen LogP contribution >= 0.6 is 11.8 Å². The molecular weight excluding hydrogens is 404 g/mol. The fraction of sp³-hybridized carbons (Fsp3) is 0.385. The Kier molecular flexibility index (Phi) is 6.81. The van der Waals surface area contributed by atoms with E-state index in [2.05, 4.69) is 36.5 Å². The summed E-state index contributed by atoms with van der Waals surface area (Å²) in [4.78, 5) is 17.8. The number of ether oxygens (including phenoxy) is 1. The number of nitrogens with zero attached hydrogens (tertiary/aromatic N) is 1. The molecule has 1 aliphatic carbocycles. The van der Waals surface area contributed by atoms with E-state index < -0.39 is 0 Å². The standard InChI is InChI=1S/C26H30N2O2S/c1-17-9-7-8-12-23(17)28-26(29)18(2)31-25-16-22(19-10-5-4-6-11-19)21-14-13-20(30-3)15-24(21)27-25/h4-6,10-11,13-18,23H,7-9,12H2,1-3H3,(H,28,29)/t17-,18-,23+/m1/s1. The van der Waals surface area contributed by atoms with Crippen LogP contribution in [0.4, 0.5) is 0 Å². The van der Waals surface area contributed by atoms with Crippen LogP contribution in [0.3, 0.4) is 0 Å². The highest BCUT2D eigenvalue weighted by molar-refractivity contribution is 8.00. The van der Waals surface area contributed by atoms with E-state index in [-0.39, 0.29) is 17.2 Å². The molecule has 31 heavy (non-hydrogen) atoms. The van der Waals surface area contributed by atoms with Gasteiger partial charge in [0.1, 0.15) is 5.75 Å². The van der Waals surface area contributed by atoms with Gasteiger partial charge in [-0.2, -0.15) is 0 Å². The largest absolute Gasteiger partial charge is 0.497 e. The van der Waals surface area contributed by atoms with Gasteiger partial charge >= 0.3 is 0 Å². The van der Waals surface area contributed by atoms with E-state index in [1.54, 1.807) is 7.11 Å². The van der Waals surface area contributed by atoms with Crippen molar-refractivity contribution in [1.29, 1.82) is 0 Å². The summed E-state index contributed by atoms with van der Waals surface area (Å²) in [5.41, 5.74) is 3.12. The van der Waals surface area contributed by atoms with Crippen molar-refractivity contribution >= 4 is 28.6 Å². The van der Waals surface area contributed by atoms with Crippen molar-refractivity contribution in [2.24, 2.45) is 5.92 Å². The summed E-state index contributed by atoms with van der Waals surface area (Å²) in [6.45, 7) is 4.21. The minimum Gasteiger partial charge on any atom is -0.497 e. The number of hydrogen-bond donors (Lipinski definition) is 1. The number of carbonyl (C=O) groups excluding carboxylic acids is 1. The molecule has 1 aliphatic rings. The summed E-state index contributed by atoms with van der Waals surface area (Å²) in [7, 11) is 1.66. The summed E-state index contributed by atoms with van der Waals surface area (Å²) in [6.07, 6.45) is 4.74. The van der Waals surface area contributed by atoms with Gasteiger partial charge in [-0.3, -0.25) is 4.79 Å². The minimum atomic E-state index is -0.215. The van der Waals surface area contributed by atoms with E-state index in [1.807, 2.05) is 37.3 Å². The highest BCUT2D eigenvalue weighted by Gasteiger charge is 2.25. The number of aromatic nitrogens is 1. The summed E-state index contributed by atoms with van der Waals surface area (Å²) in [6, 6.07) is 18.7. The lowest BCUT2D eigenvalue weighted by atomic mass is 9.86. The van der Waals surface area contributed by atoms with Gasteiger partial charge in [-0.1, -0.05) is 61.9 Å². The Bertz CT molecular complexity index is 1050. The van der Waals surface area contributed by atoms with Crippen LogP contribution in [-0.4, -0.2) is 29.3 Å². The first kappa shape index (κ1) is 21.7. The molecule has 1 amide bonds. The average Bonchev–Trinajstić information content (AvgIpc) is 2.80. The van der Waals surface area contributed by atoms with Crippen molar-refractivity contribution in [3.8, 4) is 16.9 Å². The molecule has 2 aromatic carbocycles. The molecule has 0 unspecified atom stereocenters. The number of nitrogens with one attached hydrogen (secondary N) is 1. The van der Waals surface area contributed by atoms with Gasteiger partial charge in [-0.15, -0.1) is 0 Å². The second-order valence-electron chi connectivity index (χ2n) is 8.39. The zero-order chi connectivity index (χ0) is 21.8. The van der Waals surface area contributed by atoms with E-state index >= 15 is 0 Å². The Labute approximate surface area is 188 Å². The second-order valence-corrected chi connectivity index (χ2v) is 9.76. The Morgan fingerprint density at radius 2 is 1.90 bits per heavy atom. The van der Waals surface area contributed by atoms with Crippen molar-refractivity contribution in [3.05, 3.63) is 54.6 Å². The number of rotatable bonds is 6. The molecular formula is C26H30N2O2S. The van der Waals surface area contributed by atoms with Crippen molar-refractivity contribution in [2.75, 3.05) is 7.11 Å². The summed E-state index contributed by atoms with van der Waals surface area (Å²) in [5.74, 6) is 1.42. The molecule has 1 N–H and O–H groups in total. The number of fused-ring (bicyclic) bond motifs is 1. The minimum absolute atomic E-state index is 0.0950. The van der Waals surface area contributed by atoms with Gasteiger partial charge in [-0.05, 0) is 55.0 Å². The number of benzene rings is 2. The number of thioether (sulfide) groups is 1. The number of pyridine rings is 1. The predicted molar refractivity (Wildman–Crippen MR) is 129 cm³/mol. The fourth-order valence-corrected chi connectivity index (χ4v) is 5.17. The zero-order valence-corrected chi connectivity index (χ0v) is 19.2. The first-order chi connectivity index (χ1) is 15.0. The molecule has 1 aromatic heterocycles. The van der Waals surface area contributed by atoms with E-state index in [4.69, 9.17) is 9.72 Å². The maximum Gasteiger partial charge on any atom is 0.233 e. The first-order valence-electron chi connectivity index (χ1n) is 11.1. The quantitative estimate of drug-likeness (QED) is 0.477. The number of carbonyl (C=O) groups is 1. The van der Waals surface area contributed by atoms with Crippen LogP contribution in [0.1, 0.15) is 39.5 Å². The Morgan fingerprint density at radius 1 is 1.13 bits per heavy atom. The summed E-state index contributed by atoms with van der Waals surface area (Å²) in [5, 5.41) is 4.99. The molecule has 4 nitrogen and oxygen atoms in total. The van der Waals surface area contributed by atoms with Crippen LogP contribution in [0.2, 0.25) is 0 Å². The van der Waals surface area contributed by atoms with Crippen LogP contribution in [-0.2, 0) is 4.79 Å². The normalized spacial score (nSPS) is 19.7.